The van der Waals surface area contributed by atoms with E-state index in [1.54, 1.807) is 11.6 Å². The van der Waals surface area contributed by atoms with Crippen LogP contribution in [0.3, 0.4) is 0 Å². The van der Waals surface area contributed by atoms with E-state index in [9.17, 15) is 4.79 Å². The quantitative estimate of drug-likeness (QED) is 0.870. The molecule has 20 heavy (non-hydrogen) atoms. The van der Waals surface area contributed by atoms with Crippen LogP contribution < -0.4 is 0 Å². The van der Waals surface area contributed by atoms with Crippen molar-refractivity contribution in [2.75, 3.05) is 0 Å². The van der Waals surface area contributed by atoms with Gasteiger partial charge in [0.25, 0.3) is 0 Å². The molecule has 0 amide bonds. The number of rotatable bonds is 6. The van der Waals surface area contributed by atoms with Crippen LogP contribution in [-0.2, 0) is 11.3 Å². The van der Waals surface area contributed by atoms with E-state index in [1.165, 1.54) is 0 Å². The van der Waals surface area contributed by atoms with Gasteiger partial charge >= 0.3 is 5.97 Å². The summed E-state index contributed by atoms with van der Waals surface area (Å²) in [5.41, 5.74) is 1.13. The van der Waals surface area contributed by atoms with Crippen LogP contribution in [0.2, 0.25) is 0 Å². The smallest absolute Gasteiger partial charge is 0.306 e. The van der Waals surface area contributed by atoms with Gasteiger partial charge in [0.05, 0.1) is 5.92 Å². The summed E-state index contributed by atoms with van der Waals surface area (Å²) in [6, 6.07) is 9.99. The van der Waals surface area contributed by atoms with E-state index < -0.39 is 11.9 Å². The fourth-order valence-corrected chi connectivity index (χ4v) is 2.01. The van der Waals surface area contributed by atoms with Gasteiger partial charge in [-0.25, -0.2) is 4.68 Å². The first kappa shape index (κ1) is 14.2. The molecule has 0 saturated heterocycles. The monoisotopic (exact) mass is 274 g/mol. The first-order valence-electron chi connectivity index (χ1n) is 6.63. The molecule has 0 fully saturated rings. The minimum absolute atomic E-state index is 0.0753. The second-order valence-electron chi connectivity index (χ2n) is 4.92. The van der Waals surface area contributed by atoms with Crippen LogP contribution in [0.1, 0.15) is 37.6 Å². The van der Waals surface area contributed by atoms with Gasteiger partial charge in [0.1, 0.15) is 0 Å². The molecule has 0 spiro atoms. The van der Waals surface area contributed by atoms with Gasteiger partial charge in [-0.2, -0.15) is 0 Å². The minimum Gasteiger partial charge on any atom is -0.481 e. The summed E-state index contributed by atoms with van der Waals surface area (Å²) >= 11 is 0. The summed E-state index contributed by atoms with van der Waals surface area (Å²) < 4.78 is 1.69. The number of carbonyl (C=O) groups is 1. The van der Waals surface area contributed by atoms with Gasteiger partial charge in [0.15, 0.2) is 5.82 Å². The maximum absolute atomic E-state index is 10.8. The molecule has 0 bridgehead atoms. The van der Waals surface area contributed by atoms with E-state index in [0.29, 0.717) is 13.0 Å². The molecule has 2 unspecified atom stereocenters. The highest BCUT2D eigenvalue weighted by molar-refractivity contribution is 5.69. The molecule has 0 saturated carbocycles. The van der Waals surface area contributed by atoms with E-state index >= 15 is 0 Å². The molecule has 1 aromatic heterocycles. The average Bonchev–Trinajstić information content (AvgIpc) is 2.93. The van der Waals surface area contributed by atoms with Crippen molar-refractivity contribution >= 4 is 5.97 Å². The fraction of sp³-hybridized carbons (Fsp3) is 0.429. The molecule has 0 aliphatic rings. The number of carboxylic acid groups (broad SMARTS) is 1. The van der Waals surface area contributed by atoms with Crippen molar-refractivity contribution in [3.8, 4) is 0 Å². The standard InChI is InChI=1S/C14H18N4O2/c1-10(14(19)20)8-9-18-13(15-16-17-18)11(2)12-6-4-3-5-7-12/h3-7,10-11H,8-9H2,1-2H3,(H,19,20). The van der Waals surface area contributed by atoms with Gasteiger partial charge < -0.3 is 5.11 Å². The van der Waals surface area contributed by atoms with Crippen molar-refractivity contribution in [3.63, 3.8) is 0 Å². The predicted octanol–water partition coefficient (Wildman–Crippen LogP) is 1.94. The molecule has 6 nitrogen and oxygen atoms in total. The molecule has 6 heteroatoms. The highest BCUT2D eigenvalue weighted by Gasteiger charge is 2.18. The number of hydrogen-bond acceptors (Lipinski definition) is 4. The summed E-state index contributed by atoms with van der Waals surface area (Å²) in [5, 5.41) is 20.6. The van der Waals surface area contributed by atoms with Crippen LogP contribution in [0.5, 0.6) is 0 Å². The Morgan fingerprint density at radius 1 is 1.30 bits per heavy atom. The maximum atomic E-state index is 10.8. The zero-order chi connectivity index (χ0) is 14.5. The lowest BCUT2D eigenvalue weighted by molar-refractivity contribution is -0.141. The molecular weight excluding hydrogens is 256 g/mol. The number of carboxylic acids is 1. The molecule has 2 rings (SSSR count). The number of benzene rings is 1. The van der Waals surface area contributed by atoms with E-state index in [0.717, 1.165) is 11.4 Å². The summed E-state index contributed by atoms with van der Waals surface area (Å²) in [4.78, 5) is 10.8. The predicted molar refractivity (Wildman–Crippen MR) is 73.2 cm³/mol. The molecule has 0 radical (unpaired) electrons. The lowest BCUT2D eigenvalue weighted by Gasteiger charge is -2.12. The molecule has 0 aliphatic heterocycles. The Balaban J connectivity index is 2.10. The van der Waals surface area contributed by atoms with E-state index in [-0.39, 0.29) is 5.92 Å². The van der Waals surface area contributed by atoms with Crippen molar-refractivity contribution in [1.82, 2.24) is 20.2 Å². The molecule has 0 aliphatic carbocycles. The number of aliphatic carboxylic acids is 1. The number of aryl methyl sites for hydroxylation is 1. The number of aromatic nitrogens is 4. The van der Waals surface area contributed by atoms with E-state index in [4.69, 9.17) is 5.11 Å². The van der Waals surface area contributed by atoms with Crippen LogP contribution in [0, 0.1) is 5.92 Å². The molecule has 1 aromatic carbocycles. The molecule has 2 atom stereocenters. The van der Waals surface area contributed by atoms with E-state index in [1.807, 2.05) is 37.3 Å². The summed E-state index contributed by atoms with van der Waals surface area (Å²) in [5.74, 6) is -0.366. The number of nitrogens with zero attached hydrogens (tertiary/aromatic N) is 4. The second-order valence-corrected chi connectivity index (χ2v) is 4.92. The fourth-order valence-electron chi connectivity index (χ4n) is 2.01. The Morgan fingerprint density at radius 2 is 2.00 bits per heavy atom. The summed E-state index contributed by atoms with van der Waals surface area (Å²) in [6.45, 7) is 4.23. The SMILES string of the molecule is CC(CCn1nnnc1C(C)c1ccccc1)C(=O)O. The Hall–Kier alpha value is -2.24. The highest BCUT2D eigenvalue weighted by Crippen LogP contribution is 2.21. The Morgan fingerprint density at radius 3 is 2.65 bits per heavy atom. The maximum Gasteiger partial charge on any atom is 0.306 e. The third kappa shape index (κ3) is 3.20. The molecule has 1 N–H and O–H groups in total. The van der Waals surface area contributed by atoms with Gasteiger partial charge in [-0.3, -0.25) is 4.79 Å². The Labute approximate surface area is 117 Å². The van der Waals surface area contributed by atoms with Crippen molar-refractivity contribution in [2.45, 2.75) is 32.7 Å². The lowest BCUT2D eigenvalue weighted by Crippen LogP contribution is -2.16. The van der Waals surface area contributed by atoms with Crippen LogP contribution in [0.25, 0.3) is 0 Å². The summed E-state index contributed by atoms with van der Waals surface area (Å²) in [7, 11) is 0. The molecular formula is C14H18N4O2. The van der Waals surface area contributed by atoms with Gasteiger partial charge in [0.2, 0.25) is 0 Å². The largest absolute Gasteiger partial charge is 0.481 e. The van der Waals surface area contributed by atoms with Crippen molar-refractivity contribution in [3.05, 3.63) is 41.7 Å². The first-order chi connectivity index (χ1) is 9.59. The van der Waals surface area contributed by atoms with Crippen molar-refractivity contribution < 1.29 is 9.90 Å². The van der Waals surface area contributed by atoms with Gasteiger partial charge in [-0.05, 0) is 22.4 Å². The van der Waals surface area contributed by atoms with Crippen LogP contribution in [-0.4, -0.2) is 31.3 Å². The molecule has 1 heterocycles. The van der Waals surface area contributed by atoms with Crippen LogP contribution in [0.15, 0.2) is 30.3 Å². The van der Waals surface area contributed by atoms with Crippen molar-refractivity contribution in [1.29, 1.82) is 0 Å². The van der Waals surface area contributed by atoms with Gasteiger partial charge in [-0.15, -0.1) is 5.10 Å². The Bertz CT molecular complexity index is 568. The zero-order valence-corrected chi connectivity index (χ0v) is 11.6. The third-order valence-corrected chi connectivity index (χ3v) is 3.44. The normalized spacial score (nSPS) is 13.9. The first-order valence-corrected chi connectivity index (χ1v) is 6.63. The van der Waals surface area contributed by atoms with Gasteiger partial charge in [-0.1, -0.05) is 44.2 Å². The molecule has 106 valence electrons. The number of hydrogen-bond donors (Lipinski definition) is 1. The highest BCUT2D eigenvalue weighted by atomic mass is 16.4. The molecule has 2 aromatic rings. The minimum atomic E-state index is -0.796. The Kier molecular flexibility index (Phi) is 4.45. The van der Waals surface area contributed by atoms with Gasteiger partial charge in [0, 0.05) is 12.5 Å². The van der Waals surface area contributed by atoms with Crippen molar-refractivity contribution in [2.24, 2.45) is 5.92 Å². The summed E-state index contributed by atoms with van der Waals surface area (Å²) in [6.07, 6.45) is 0.509. The zero-order valence-electron chi connectivity index (χ0n) is 11.6. The topological polar surface area (TPSA) is 80.9 Å². The third-order valence-electron chi connectivity index (χ3n) is 3.44. The second kappa shape index (κ2) is 6.27. The van der Waals surface area contributed by atoms with Crippen LogP contribution >= 0.6 is 0 Å². The van der Waals surface area contributed by atoms with Crippen LogP contribution in [0.4, 0.5) is 0 Å². The average molecular weight is 274 g/mol. The van der Waals surface area contributed by atoms with E-state index in [2.05, 4.69) is 15.5 Å². The number of tetrazole rings is 1. The lowest BCUT2D eigenvalue weighted by atomic mass is 10.0.